The van der Waals surface area contributed by atoms with E-state index in [4.69, 9.17) is 14.9 Å². The van der Waals surface area contributed by atoms with Gasteiger partial charge in [-0.05, 0) is 24.6 Å². The third-order valence-corrected chi connectivity index (χ3v) is 4.67. The van der Waals surface area contributed by atoms with Gasteiger partial charge >= 0.3 is 5.63 Å². The van der Waals surface area contributed by atoms with Gasteiger partial charge in [0.1, 0.15) is 23.4 Å². The maximum Gasteiger partial charge on any atom is 0.336 e. The Labute approximate surface area is 161 Å². The summed E-state index contributed by atoms with van der Waals surface area (Å²) in [4.78, 5) is 25.0. The van der Waals surface area contributed by atoms with Gasteiger partial charge in [0.05, 0.1) is 13.4 Å². The van der Waals surface area contributed by atoms with Crippen molar-refractivity contribution in [3.63, 3.8) is 0 Å². The SMILES string of the molecule is CC.COc1ccc2c(CS/C(C)=C3\N=CN=C3N=CN)cc(=O)oc2c1. The molecule has 142 valence electrons. The number of nitrogens with two attached hydrogens (primary N) is 1. The molecule has 0 amide bonds. The summed E-state index contributed by atoms with van der Waals surface area (Å²) in [5.41, 5.74) is 6.99. The molecule has 0 atom stereocenters. The summed E-state index contributed by atoms with van der Waals surface area (Å²) >= 11 is 1.55. The van der Waals surface area contributed by atoms with Crippen LogP contribution in [0, 0.1) is 0 Å². The molecule has 2 heterocycles. The topological polar surface area (TPSA) is 103 Å². The van der Waals surface area contributed by atoms with Crippen molar-refractivity contribution >= 4 is 41.2 Å². The number of methoxy groups -OCH3 is 1. The summed E-state index contributed by atoms with van der Waals surface area (Å²) in [5.74, 6) is 1.70. The van der Waals surface area contributed by atoms with Gasteiger partial charge in [0, 0.05) is 28.2 Å². The van der Waals surface area contributed by atoms with Gasteiger partial charge < -0.3 is 14.9 Å². The zero-order valence-corrected chi connectivity index (χ0v) is 16.5. The molecule has 1 aliphatic heterocycles. The molecule has 2 aromatic rings. The molecular formula is C19H22N4O3S. The molecule has 7 nitrogen and oxygen atoms in total. The normalized spacial score (nSPS) is 14.9. The number of amidine groups is 1. The minimum Gasteiger partial charge on any atom is -0.497 e. The van der Waals surface area contributed by atoms with Crippen LogP contribution in [-0.2, 0) is 5.75 Å². The molecule has 0 saturated carbocycles. The molecule has 1 aromatic carbocycles. The first-order chi connectivity index (χ1) is 13.1. The number of thioether (sulfide) groups is 1. The van der Waals surface area contributed by atoms with E-state index in [9.17, 15) is 4.79 Å². The second kappa shape index (κ2) is 9.72. The molecule has 2 N–H and O–H groups in total. The lowest BCUT2D eigenvalue weighted by atomic mass is 10.1. The van der Waals surface area contributed by atoms with Crippen molar-refractivity contribution in [1.29, 1.82) is 0 Å². The largest absolute Gasteiger partial charge is 0.497 e. The fourth-order valence-corrected chi connectivity index (χ4v) is 3.28. The fraction of sp³-hybridized carbons (Fsp3) is 0.263. The first-order valence-electron chi connectivity index (χ1n) is 8.42. The van der Waals surface area contributed by atoms with Gasteiger partial charge in [-0.3, -0.25) is 0 Å². The highest BCUT2D eigenvalue weighted by molar-refractivity contribution is 8.02. The molecule has 0 radical (unpaired) electrons. The molecule has 0 saturated heterocycles. The number of aliphatic imine (C=N–C) groups is 3. The molecule has 1 aliphatic rings. The fourth-order valence-electron chi connectivity index (χ4n) is 2.38. The number of benzene rings is 1. The number of rotatable bonds is 4. The summed E-state index contributed by atoms with van der Waals surface area (Å²) in [6, 6.07) is 6.93. The van der Waals surface area contributed by atoms with Crippen LogP contribution >= 0.6 is 11.8 Å². The molecule has 0 spiro atoms. The van der Waals surface area contributed by atoms with Gasteiger partial charge in [0.15, 0.2) is 5.84 Å². The Hall–Kier alpha value is -2.87. The van der Waals surface area contributed by atoms with Gasteiger partial charge in [-0.25, -0.2) is 19.8 Å². The molecule has 27 heavy (non-hydrogen) atoms. The van der Waals surface area contributed by atoms with Crippen molar-refractivity contribution in [3.05, 3.63) is 50.9 Å². The highest BCUT2D eigenvalue weighted by Gasteiger charge is 2.14. The van der Waals surface area contributed by atoms with Crippen LogP contribution in [0.15, 0.2) is 59.1 Å². The van der Waals surface area contributed by atoms with Crippen molar-refractivity contribution in [3.8, 4) is 5.75 Å². The Kier molecular flexibility index (Phi) is 7.36. The van der Waals surface area contributed by atoms with Gasteiger partial charge in [-0.1, -0.05) is 13.8 Å². The van der Waals surface area contributed by atoms with Crippen molar-refractivity contribution in [2.45, 2.75) is 26.5 Å². The number of allylic oxidation sites excluding steroid dienone is 1. The maximum absolute atomic E-state index is 11.8. The Bertz CT molecular complexity index is 990. The molecule has 8 heteroatoms. The van der Waals surface area contributed by atoms with Crippen LogP contribution in [0.3, 0.4) is 0 Å². The highest BCUT2D eigenvalue weighted by atomic mass is 32.2. The lowest BCUT2D eigenvalue weighted by Crippen LogP contribution is -2.01. The smallest absolute Gasteiger partial charge is 0.336 e. The highest BCUT2D eigenvalue weighted by Crippen LogP contribution is 2.30. The summed E-state index contributed by atoms with van der Waals surface area (Å²) in [5, 5.41) is 0.870. The Morgan fingerprint density at radius 3 is 2.85 bits per heavy atom. The molecule has 0 fully saturated rings. The quantitative estimate of drug-likeness (QED) is 0.490. The second-order valence-corrected chi connectivity index (χ2v) is 6.31. The van der Waals surface area contributed by atoms with Crippen LogP contribution in [0.25, 0.3) is 11.0 Å². The van der Waals surface area contributed by atoms with Crippen LogP contribution in [0.1, 0.15) is 26.3 Å². The zero-order valence-electron chi connectivity index (χ0n) is 15.7. The summed E-state index contributed by atoms with van der Waals surface area (Å²) in [6.45, 7) is 5.93. The monoisotopic (exact) mass is 386 g/mol. The predicted molar refractivity (Wildman–Crippen MR) is 113 cm³/mol. The van der Waals surface area contributed by atoms with Crippen LogP contribution in [0.4, 0.5) is 0 Å². The average Bonchev–Trinajstić information content (AvgIpc) is 3.15. The van der Waals surface area contributed by atoms with E-state index < -0.39 is 5.63 Å². The standard InChI is InChI=1S/C17H16N4O3S.C2H6/c1-10(16-17(19-8-18)21-9-20-16)25-7-11-5-15(22)24-14-6-12(23-2)3-4-13(11)14;1-2/h3-6,8-9H,7H2,1-2H3,(H2,18,19,20,21);1-2H3/b16-10-;. The molecule has 0 aliphatic carbocycles. The number of fused-ring (bicyclic) bond motifs is 1. The number of ether oxygens (including phenoxy) is 1. The van der Waals surface area contributed by atoms with Crippen molar-refractivity contribution in [2.24, 2.45) is 20.7 Å². The van der Waals surface area contributed by atoms with Crippen molar-refractivity contribution in [2.75, 3.05) is 7.11 Å². The van der Waals surface area contributed by atoms with Crippen molar-refractivity contribution < 1.29 is 9.15 Å². The number of hydrogen-bond donors (Lipinski definition) is 1. The summed E-state index contributed by atoms with van der Waals surface area (Å²) < 4.78 is 10.4. The van der Waals surface area contributed by atoms with E-state index in [1.807, 2.05) is 32.9 Å². The third kappa shape index (κ3) is 4.85. The second-order valence-electron chi connectivity index (χ2n) is 5.12. The van der Waals surface area contributed by atoms with Gasteiger partial charge in [-0.15, -0.1) is 11.8 Å². The first-order valence-corrected chi connectivity index (χ1v) is 9.40. The summed E-state index contributed by atoms with van der Waals surface area (Å²) in [7, 11) is 1.57. The third-order valence-electron chi connectivity index (χ3n) is 3.59. The van der Waals surface area contributed by atoms with E-state index >= 15 is 0 Å². The maximum atomic E-state index is 11.8. The Morgan fingerprint density at radius 2 is 2.15 bits per heavy atom. The first kappa shape index (κ1) is 20.4. The molecule has 0 unspecified atom stereocenters. The van der Waals surface area contributed by atoms with Crippen molar-refractivity contribution in [1.82, 2.24) is 0 Å². The lowest BCUT2D eigenvalue weighted by molar-refractivity contribution is 0.414. The van der Waals surface area contributed by atoms with Crippen LogP contribution in [0.5, 0.6) is 5.75 Å². The van der Waals surface area contributed by atoms with Crippen LogP contribution < -0.4 is 16.1 Å². The molecule has 3 rings (SSSR count). The number of nitrogens with zero attached hydrogens (tertiary/aromatic N) is 3. The van der Waals surface area contributed by atoms with Gasteiger partial charge in [0.25, 0.3) is 0 Å². The number of hydrogen-bond acceptors (Lipinski definition) is 7. The molecule has 1 aromatic heterocycles. The van der Waals surface area contributed by atoms with Crippen LogP contribution in [-0.4, -0.2) is 25.6 Å². The summed E-state index contributed by atoms with van der Waals surface area (Å²) in [6.07, 6.45) is 2.63. The molecule has 0 bridgehead atoms. The zero-order chi connectivity index (χ0) is 19.8. The Balaban J connectivity index is 0.00000126. The van der Waals surface area contributed by atoms with Crippen LogP contribution in [0.2, 0.25) is 0 Å². The van der Waals surface area contributed by atoms with E-state index in [1.54, 1.807) is 24.9 Å². The minimum absolute atomic E-state index is 0.393. The van der Waals surface area contributed by atoms with E-state index in [0.717, 1.165) is 15.9 Å². The lowest BCUT2D eigenvalue weighted by Gasteiger charge is -2.08. The predicted octanol–water partition coefficient (Wildman–Crippen LogP) is 3.72. The van der Waals surface area contributed by atoms with Gasteiger partial charge in [-0.2, -0.15) is 0 Å². The minimum atomic E-state index is -0.393. The van der Waals surface area contributed by atoms with Gasteiger partial charge in [0.2, 0.25) is 0 Å². The van der Waals surface area contributed by atoms with E-state index in [2.05, 4.69) is 15.0 Å². The van der Waals surface area contributed by atoms with E-state index in [-0.39, 0.29) is 0 Å². The van der Waals surface area contributed by atoms with E-state index in [0.29, 0.717) is 28.6 Å². The average molecular weight is 386 g/mol. The molecular weight excluding hydrogens is 364 g/mol. The van der Waals surface area contributed by atoms with E-state index in [1.165, 1.54) is 18.7 Å². The Morgan fingerprint density at radius 1 is 1.37 bits per heavy atom.